The van der Waals surface area contributed by atoms with Crippen molar-refractivity contribution >= 4 is 34.0 Å². The molecular formula is C18H26ClF3N4OS. The van der Waals surface area contributed by atoms with Gasteiger partial charge in [0.2, 0.25) is 5.91 Å². The monoisotopic (exact) mass is 438 g/mol. The van der Waals surface area contributed by atoms with Gasteiger partial charge >= 0.3 is 6.18 Å². The number of halogens is 4. The highest BCUT2D eigenvalue weighted by atomic mass is 35.5. The van der Waals surface area contributed by atoms with Crippen LogP contribution in [0.4, 0.5) is 18.3 Å². The number of carbonyl (C=O) groups excluding carboxylic acids is 1. The molecule has 0 bridgehead atoms. The molecule has 2 aliphatic rings. The van der Waals surface area contributed by atoms with E-state index in [1.165, 1.54) is 35.5 Å². The lowest BCUT2D eigenvalue weighted by atomic mass is 9.91. The quantitative estimate of drug-likeness (QED) is 0.651. The minimum atomic E-state index is -4.44. The van der Waals surface area contributed by atoms with Crippen LogP contribution in [-0.2, 0) is 4.79 Å². The van der Waals surface area contributed by atoms with E-state index in [4.69, 9.17) is 11.6 Å². The highest BCUT2D eigenvalue weighted by Crippen LogP contribution is 2.30. The number of anilines is 1. The fourth-order valence-electron chi connectivity index (χ4n) is 4.19. The summed E-state index contributed by atoms with van der Waals surface area (Å²) in [6.07, 6.45) is 3.12. The lowest BCUT2D eigenvalue weighted by molar-refractivity contribution is -0.162. The van der Waals surface area contributed by atoms with Crippen molar-refractivity contribution < 1.29 is 18.0 Å². The lowest BCUT2D eigenvalue weighted by Gasteiger charge is -2.43. The molecule has 1 N–H and O–H groups in total. The highest BCUT2D eigenvalue weighted by molar-refractivity contribution is 7.19. The molecule has 158 valence electrons. The molecule has 1 aliphatic heterocycles. The number of aromatic nitrogens is 1. The molecule has 1 aliphatic carbocycles. The van der Waals surface area contributed by atoms with Crippen molar-refractivity contribution in [1.82, 2.24) is 14.8 Å². The topological polar surface area (TPSA) is 48.5 Å². The zero-order chi connectivity index (χ0) is 20.1. The molecular weight excluding hydrogens is 413 g/mol. The fraction of sp³-hybridized carbons (Fsp3) is 0.778. The number of nitrogens with one attached hydrogen (secondary N) is 1. The Morgan fingerprint density at radius 3 is 2.43 bits per heavy atom. The minimum Gasteiger partial charge on any atom is -0.349 e. The van der Waals surface area contributed by atoms with Gasteiger partial charge in [0, 0.05) is 25.2 Å². The maximum absolute atomic E-state index is 12.5. The number of nitrogens with zero attached hydrogens (tertiary/aromatic N) is 3. The van der Waals surface area contributed by atoms with Gasteiger partial charge in [-0.25, -0.2) is 4.98 Å². The Morgan fingerprint density at radius 2 is 1.86 bits per heavy atom. The molecule has 0 radical (unpaired) electrons. The molecule has 0 unspecified atom stereocenters. The zero-order valence-electron chi connectivity index (χ0n) is 15.7. The molecule has 28 heavy (non-hydrogen) atoms. The first-order valence-corrected chi connectivity index (χ1v) is 11.0. The molecule has 0 spiro atoms. The number of likely N-dealkylation sites (tertiary alicyclic amines) is 1. The van der Waals surface area contributed by atoms with Crippen LogP contribution in [0, 0.1) is 0 Å². The van der Waals surface area contributed by atoms with Gasteiger partial charge in [0.25, 0.3) is 0 Å². The van der Waals surface area contributed by atoms with Crippen molar-refractivity contribution in [2.24, 2.45) is 0 Å². The Morgan fingerprint density at radius 1 is 1.21 bits per heavy atom. The molecule has 1 saturated carbocycles. The van der Waals surface area contributed by atoms with Crippen molar-refractivity contribution in [2.45, 2.75) is 69.6 Å². The molecule has 2 fully saturated rings. The third-order valence-electron chi connectivity index (χ3n) is 5.57. The first kappa shape index (κ1) is 21.6. The summed E-state index contributed by atoms with van der Waals surface area (Å²) in [5.74, 6) is -0.814. The summed E-state index contributed by atoms with van der Waals surface area (Å²) in [4.78, 5) is 19.9. The second-order valence-electron chi connectivity index (χ2n) is 7.51. The second kappa shape index (κ2) is 9.63. The molecule has 0 aromatic carbocycles. The van der Waals surface area contributed by atoms with E-state index in [2.05, 4.69) is 15.2 Å². The van der Waals surface area contributed by atoms with Crippen LogP contribution >= 0.6 is 22.9 Å². The van der Waals surface area contributed by atoms with Gasteiger partial charge in [0.15, 0.2) is 5.13 Å². The number of amides is 1. The number of thiazole rings is 1. The van der Waals surface area contributed by atoms with Crippen LogP contribution in [-0.4, -0.2) is 58.7 Å². The molecule has 1 aromatic rings. The van der Waals surface area contributed by atoms with E-state index in [0.29, 0.717) is 43.0 Å². The van der Waals surface area contributed by atoms with E-state index in [1.54, 1.807) is 6.20 Å². The predicted octanol–water partition coefficient (Wildman–Crippen LogP) is 4.74. The van der Waals surface area contributed by atoms with Crippen molar-refractivity contribution in [3.05, 3.63) is 10.5 Å². The van der Waals surface area contributed by atoms with Crippen LogP contribution in [0.5, 0.6) is 0 Å². The van der Waals surface area contributed by atoms with E-state index in [-0.39, 0.29) is 6.04 Å². The molecule has 1 aromatic heterocycles. The van der Waals surface area contributed by atoms with Gasteiger partial charge in [-0.1, -0.05) is 42.2 Å². The van der Waals surface area contributed by atoms with Gasteiger partial charge in [-0.2, -0.15) is 13.2 Å². The van der Waals surface area contributed by atoms with Gasteiger partial charge in [0.05, 0.1) is 12.9 Å². The van der Waals surface area contributed by atoms with Gasteiger partial charge in [-0.3, -0.25) is 9.69 Å². The van der Waals surface area contributed by atoms with E-state index in [0.717, 1.165) is 18.0 Å². The van der Waals surface area contributed by atoms with Crippen molar-refractivity contribution in [3.63, 3.8) is 0 Å². The Kier molecular flexibility index (Phi) is 7.44. The highest BCUT2D eigenvalue weighted by Gasteiger charge is 2.36. The normalized spacial score (nSPS) is 20.0. The average molecular weight is 439 g/mol. The van der Waals surface area contributed by atoms with Gasteiger partial charge < -0.3 is 10.2 Å². The van der Waals surface area contributed by atoms with Gasteiger partial charge in [-0.05, 0) is 25.7 Å². The van der Waals surface area contributed by atoms with Gasteiger partial charge in [0.1, 0.15) is 10.8 Å². The molecule has 3 rings (SSSR count). The van der Waals surface area contributed by atoms with Crippen LogP contribution in [0.3, 0.4) is 0 Å². The zero-order valence-corrected chi connectivity index (χ0v) is 17.3. The minimum absolute atomic E-state index is 0.251. The van der Waals surface area contributed by atoms with E-state index >= 15 is 0 Å². The fourth-order valence-corrected chi connectivity index (χ4v) is 4.99. The first-order valence-electron chi connectivity index (χ1n) is 9.77. The number of piperidine rings is 1. The molecule has 2 heterocycles. The summed E-state index contributed by atoms with van der Waals surface area (Å²) in [5.41, 5.74) is 0. The van der Waals surface area contributed by atoms with Crippen molar-refractivity contribution in [3.8, 4) is 0 Å². The number of rotatable bonds is 6. The largest absolute Gasteiger partial charge is 0.397 e. The number of hydrogen-bond acceptors (Lipinski definition) is 5. The number of alkyl halides is 3. The maximum Gasteiger partial charge on any atom is 0.397 e. The standard InChI is InChI=1S/C18H26ClF3N4OS/c19-15-11-23-17(28-15)24-12-26(13-4-2-1-3-5-13)14-6-8-25(9-7-14)16(27)10-18(20,21)22/h11,13-14H,1-10,12H2,(H,23,24). The maximum atomic E-state index is 12.5. The molecule has 1 amide bonds. The summed E-state index contributed by atoms with van der Waals surface area (Å²) in [6, 6.07) is 0.708. The molecule has 0 atom stereocenters. The van der Waals surface area contributed by atoms with Crippen molar-refractivity contribution in [2.75, 3.05) is 25.1 Å². The Balaban J connectivity index is 1.58. The Bertz CT molecular complexity index is 643. The average Bonchev–Trinajstić information content (AvgIpc) is 3.07. The van der Waals surface area contributed by atoms with E-state index < -0.39 is 18.5 Å². The van der Waals surface area contributed by atoms with Crippen LogP contribution in [0.2, 0.25) is 4.34 Å². The number of hydrogen-bond donors (Lipinski definition) is 1. The molecule has 10 heteroatoms. The smallest absolute Gasteiger partial charge is 0.349 e. The van der Waals surface area contributed by atoms with Crippen LogP contribution in [0.25, 0.3) is 0 Å². The summed E-state index contributed by atoms with van der Waals surface area (Å²) in [7, 11) is 0. The number of carbonyl (C=O) groups is 1. The van der Waals surface area contributed by atoms with E-state index in [1.807, 2.05) is 0 Å². The van der Waals surface area contributed by atoms with Crippen LogP contribution in [0.15, 0.2) is 6.20 Å². The summed E-state index contributed by atoms with van der Waals surface area (Å²) >= 11 is 7.34. The predicted molar refractivity (Wildman–Crippen MR) is 105 cm³/mol. The van der Waals surface area contributed by atoms with Gasteiger partial charge in [-0.15, -0.1) is 0 Å². The summed E-state index contributed by atoms with van der Waals surface area (Å²) in [5, 5.41) is 4.11. The van der Waals surface area contributed by atoms with Crippen molar-refractivity contribution in [1.29, 1.82) is 0 Å². The van der Waals surface area contributed by atoms with Crippen LogP contribution in [0.1, 0.15) is 51.4 Å². The summed E-state index contributed by atoms with van der Waals surface area (Å²) < 4.78 is 38.1. The molecule has 5 nitrogen and oxygen atoms in total. The summed E-state index contributed by atoms with van der Waals surface area (Å²) in [6.45, 7) is 1.40. The third-order valence-corrected chi connectivity index (χ3v) is 6.64. The third kappa shape index (κ3) is 6.22. The van der Waals surface area contributed by atoms with E-state index in [9.17, 15) is 18.0 Å². The first-order chi connectivity index (χ1) is 13.3. The lowest BCUT2D eigenvalue weighted by Crippen LogP contribution is -2.52. The second-order valence-corrected chi connectivity index (χ2v) is 9.18. The van der Waals surface area contributed by atoms with Crippen LogP contribution < -0.4 is 5.32 Å². The Hall–Kier alpha value is -1.06. The molecule has 1 saturated heterocycles. The Labute approximate surface area is 172 Å². The SMILES string of the molecule is O=C(CC(F)(F)F)N1CCC(N(CNc2ncc(Cl)s2)C2CCCCC2)CC1.